The summed E-state index contributed by atoms with van der Waals surface area (Å²) in [7, 11) is 2.04. The maximum atomic E-state index is 13.1. The Hall–Kier alpha value is -1.80. The Labute approximate surface area is 144 Å². The van der Waals surface area contributed by atoms with Crippen LogP contribution in [0.4, 0.5) is 23.7 Å². The van der Waals surface area contributed by atoms with Crippen molar-refractivity contribution < 1.29 is 22.7 Å². The third kappa shape index (κ3) is 4.07. The van der Waals surface area contributed by atoms with Crippen molar-refractivity contribution in [3.63, 3.8) is 0 Å². The molecule has 2 heterocycles. The van der Waals surface area contributed by atoms with E-state index in [0.29, 0.717) is 19.7 Å². The molecule has 2 aliphatic rings. The number of likely N-dealkylation sites (tertiary alicyclic amines) is 1. The molecule has 0 aromatic heterocycles. The summed E-state index contributed by atoms with van der Waals surface area (Å²) in [6, 6.07) is 4.50. The number of hydrogen-bond acceptors (Lipinski definition) is 3. The van der Waals surface area contributed by atoms with Crippen molar-refractivity contribution in [2.24, 2.45) is 0 Å². The van der Waals surface area contributed by atoms with Crippen molar-refractivity contribution >= 4 is 11.7 Å². The summed E-state index contributed by atoms with van der Waals surface area (Å²) in [5.74, 6) is 0. The zero-order chi connectivity index (χ0) is 18.1. The van der Waals surface area contributed by atoms with E-state index in [4.69, 9.17) is 4.74 Å². The number of urea groups is 1. The van der Waals surface area contributed by atoms with Crippen LogP contribution in [0.1, 0.15) is 18.4 Å². The molecule has 1 spiro atoms. The summed E-state index contributed by atoms with van der Waals surface area (Å²) in [5, 5.41) is 2.42. The topological polar surface area (TPSA) is 44.8 Å². The van der Waals surface area contributed by atoms with Crippen molar-refractivity contribution in [1.82, 2.24) is 9.80 Å². The van der Waals surface area contributed by atoms with Crippen LogP contribution >= 0.6 is 0 Å². The number of nitrogens with zero attached hydrogens (tertiary/aromatic N) is 2. The quantitative estimate of drug-likeness (QED) is 0.840. The highest BCUT2D eigenvalue weighted by Crippen LogP contribution is 2.35. The number of rotatable bonds is 1. The van der Waals surface area contributed by atoms with Gasteiger partial charge >= 0.3 is 12.2 Å². The standard InChI is InChI=1S/C17H22F3N3O2/c1-22-8-6-16(7-9-22)12-23(10-11-25-16)15(24)21-14-5-3-2-4-13(14)17(18,19)20/h2-5H,6-12H2,1H3,(H,21,24). The molecule has 8 heteroatoms. The predicted molar refractivity (Wildman–Crippen MR) is 87.4 cm³/mol. The van der Waals surface area contributed by atoms with E-state index in [1.54, 1.807) is 4.90 Å². The largest absolute Gasteiger partial charge is 0.418 e. The molecule has 25 heavy (non-hydrogen) atoms. The first-order valence-electron chi connectivity index (χ1n) is 8.34. The number of hydrogen-bond donors (Lipinski definition) is 1. The van der Waals surface area contributed by atoms with Crippen molar-refractivity contribution in [2.45, 2.75) is 24.6 Å². The smallest absolute Gasteiger partial charge is 0.371 e. The molecule has 0 saturated carbocycles. The second kappa shape index (κ2) is 6.84. The van der Waals surface area contributed by atoms with Crippen LogP contribution in [0, 0.1) is 0 Å². The number of ether oxygens (including phenoxy) is 1. The Morgan fingerprint density at radius 3 is 2.56 bits per heavy atom. The van der Waals surface area contributed by atoms with Crippen LogP contribution in [0.2, 0.25) is 0 Å². The zero-order valence-corrected chi connectivity index (χ0v) is 14.1. The van der Waals surface area contributed by atoms with Gasteiger partial charge < -0.3 is 19.9 Å². The summed E-state index contributed by atoms with van der Waals surface area (Å²) in [6.45, 7) is 2.94. The second-order valence-corrected chi connectivity index (χ2v) is 6.73. The van der Waals surface area contributed by atoms with Gasteiger partial charge in [-0.15, -0.1) is 0 Å². The van der Waals surface area contributed by atoms with E-state index in [1.807, 2.05) is 7.05 Å². The van der Waals surface area contributed by atoms with Crippen LogP contribution in [0.3, 0.4) is 0 Å². The molecule has 1 aromatic carbocycles. The fourth-order valence-corrected chi connectivity index (χ4v) is 3.38. The molecule has 3 rings (SSSR count). The van der Waals surface area contributed by atoms with Gasteiger partial charge in [-0.25, -0.2) is 4.79 Å². The highest BCUT2D eigenvalue weighted by molar-refractivity contribution is 5.90. The highest BCUT2D eigenvalue weighted by atomic mass is 19.4. The van der Waals surface area contributed by atoms with Crippen molar-refractivity contribution in [3.05, 3.63) is 29.8 Å². The first-order chi connectivity index (χ1) is 11.8. The molecule has 5 nitrogen and oxygen atoms in total. The average molecular weight is 357 g/mol. The van der Waals surface area contributed by atoms with E-state index in [-0.39, 0.29) is 11.3 Å². The molecule has 0 atom stereocenters. The third-order valence-corrected chi connectivity index (χ3v) is 4.91. The van der Waals surface area contributed by atoms with E-state index in [0.717, 1.165) is 32.0 Å². The van der Waals surface area contributed by atoms with Crippen LogP contribution in [0.25, 0.3) is 0 Å². The van der Waals surface area contributed by atoms with Crippen LogP contribution in [-0.2, 0) is 10.9 Å². The lowest BCUT2D eigenvalue weighted by Crippen LogP contribution is -2.58. The van der Waals surface area contributed by atoms with Gasteiger partial charge in [0.25, 0.3) is 0 Å². The molecular weight excluding hydrogens is 335 g/mol. The normalized spacial score (nSPS) is 21.4. The van der Waals surface area contributed by atoms with Crippen LogP contribution in [0.5, 0.6) is 0 Å². The van der Waals surface area contributed by atoms with Gasteiger partial charge in [-0.3, -0.25) is 0 Å². The van der Waals surface area contributed by atoms with Crippen molar-refractivity contribution in [3.8, 4) is 0 Å². The molecule has 138 valence electrons. The van der Waals surface area contributed by atoms with Gasteiger partial charge in [0.1, 0.15) is 0 Å². The van der Waals surface area contributed by atoms with Gasteiger partial charge in [-0.05, 0) is 32.0 Å². The first kappa shape index (κ1) is 18.0. The SMILES string of the molecule is CN1CCC2(CC1)CN(C(=O)Nc1ccccc1C(F)(F)F)CCO2. The molecule has 2 amide bonds. The number of alkyl halides is 3. The van der Waals surface area contributed by atoms with Crippen LogP contribution in [0.15, 0.2) is 24.3 Å². The Balaban J connectivity index is 1.70. The minimum Gasteiger partial charge on any atom is -0.371 e. The maximum Gasteiger partial charge on any atom is 0.418 e. The molecular formula is C17H22F3N3O2. The molecule has 0 aliphatic carbocycles. The van der Waals surface area contributed by atoms with Gasteiger partial charge in [-0.1, -0.05) is 12.1 Å². The first-order valence-corrected chi connectivity index (χ1v) is 8.34. The van der Waals surface area contributed by atoms with Crippen LogP contribution < -0.4 is 5.32 Å². The predicted octanol–water partition coefficient (Wildman–Crippen LogP) is 3.03. The number of benzene rings is 1. The summed E-state index contributed by atoms with van der Waals surface area (Å²) in [5.41, 5.74) is -1.44. The van der Waals surface area contributed by atoms with E-state index in [9.17, 15) is 18.0 Å². The molecule has 2 saturated heterocycles. The molecule has 2 aliphatic heterocycles. The molecule has 0 radical (unpaired) electrons. The summed E-state index contributed by atoms with van der Waals surface area (Å²) < 4.78 is 45.2. The van der Waals surface area contributed by atoms with Crippen molar-refractivity contribution in [2.75, 3.05) is 45.2 Å². The molecule has 1 N–H and O–H groups in total. The molecule has 0 bridgehead atoms. The number of carbonyl (C=O) groups excluding carboxylic acids is 1. The summed E-state index contributed by atoms with van der Waals surface area (Å²) in [4.78, 5) is 16.3. The van der Waals surface area contributed by atoms with Gasteiger partial charge in [0.15, 0.2) is 0 Å². The Morgan fingerprint density at radius 2 is 1.88 bits per heavy atom. The number of halogens is 3. The van der Waals surface area contributed by atoms with Gasteiger partial charge in [0.05, 0.1) is 30.0 Å². The fraction of sp³-hybridized carbons (Fsp3) is 0.588. The highest BCUT2D eigenvalue weighted by Gasteiger charge is 2.41. The number of anilines is 1. The average Bonchev–Trinajstić information content (AvgIpc) is 2.57. The van der Waals surface area contributed by atoms with Crippen molar-refractivity contribution in [1.29, 1.82) is 0 Å². The number of carbonyl (C=O) groups is 1. The fourth-order valence-electron chi connectivity index (χ4n) is 3.38. The van der Waals surface area contributed by atoms with E-state index < -0.39 is 17.8 Å². The van der Waals surface area contributed by atoms with E-state index in [1.165, 1.54) is 18.2 Å². The lowest BCUT2D eigenvalue weighted by molar-refractivity contribution is -0.137. The minimum absolute atomic E-state index is 0.219. The number of nitrogens with one attached hydrogen (secondary N) is 1. The summed E-state index contributed by atoms with van der Waals surface area (Å²) in [6.07, 6.45) is -2.89. The molecule has 1 aromatic rings. The number of piperidine rings is 1. The maximum absolute atomic E-state index is 13.1. The van der Waals surface area contributed by atoms with Gasteiger partial charge in [0, 0.05) is 19.6 Å². The Kier molecular flexibility index (Phi) is 4.92. The Bertz CT molecular complexity index is 628. The van der Waals surface area contributed by atoms with E-state index >= 15 is 0 Å². The number of para-hydroxylation sites is 1. The molecule has 2 fully saturated rings. The Morgan fingerprint density at radius 1 is 1.20 bits per heavy atom. The monoisotopic (exact) mass is 357 g/mol. The van der Waals surface area contributed by atoms with E-state index in [2.05, 4.69) is 10.2 Å². The lowest BCUT2D eigenvalue weighted by atomic mass is 9.89. The number of morpholine rings is 1. The van der Waals surface area contributed by atoms with Gasteiger partial charge in [-0.2, -0.15) is 13.2 Å². The number of amides is 2. The zero-order valence-electron chi connectivity index (χ0n) is 14.1. The summed E-state index contributed by atoms with van der Waals surface area (Å²) >= 11 is 0. The van der Waals surface area contributed by atoms with Gasteiger partial charge in [0.2, 0.25) is 0 Å². The lowest BCUT2D eigenvalue weighted by Gasteiger charge is -2.46. The molecule has 0 unspecified atom stereocenters. The van der Waals surface area contributed by atoms with Crippen LogP contribution in [-0.4, -0.2) is 61.3 Å². The second-order valence-electron chi connectivity index (χ2n) is 6.73. The third-order valence-electron chi connectivity index (χ3n) is 4.91. The minimum atomic E-state index is -4.51.